The molecule has 0 saturated heterocycles. The highest BCUT2D eigenvalue weighted by atomic mass is 31.2. The van der Waals surface area contributed by atoms with Crippen LogP contribution in [0.3, 0.4) is 0 Å². The number of hydrogen-bond donors (Lipinski definition) is 3. The normalized spacial score (nSPS) is 14.1. The van der Waals surface area contributed by atoms with E-state index in [-0.39, 0.29) is 25.7 Å². The smallest absolute Gasteiger partial charge is 0.462 e. The van der Waals surface area contributed by atoms with Gasteiger partial charge in [-0.15, -0.1) is 0 Å². The van der Waals surface area contributed by atoms with Gasteiger partial charge in [-0.3, -0.25) is 37.3 Å². The fourth-order valence-corrected chi connectivity index (χ4v) is 11.9. The quantitative estimate of drug-likeness (QED) is 0.0222. The molecule has 0 aliphatic rings. The molecule has 0 aromatic carbocycles. The van der Waals surface area contributed by atoms with Crippen LogP contribution >= 0.6 is 15.6 Å². The summed E-state index contributed by atoms with van der Waals surface area (Å²) < 4.78 is 68.0. The van der Waals surface area contributed by atoms with E-state index in [9.17, 15) is 43.2 Å². The Morgan fingerprint density at radius 1 is 0.310 bits per heavy atom. The molecule has 87 heavy (non-hydrogen) atoms. The Hall–Kier alpha value is -1.94. The van der Waals surface area contributed by atoms with Crippen LogP contribution in [0.2, 0.25) is 0 Å². The summed E-state index contributed by atoms with van der Waals surface area (Å²) >= 11 is 0. The molecule has 5 atom stereocenters. The monoisotopic (exact) mass is 1280 g/mol. The molecule has 0 fully saturated rings. The highest BCUT2D eigenvalue weighted by molar-refractivity contribution is 7.47. The van der Waals surface area contributed by atoms with Crippen molar-refractivity contribution in [2.75, 3.05) is 39.6 Å². The zero-order valence-corrected chi connectivity index (χ0v) is 57.9. The highest BCUT2D eigenvalue weighted by Crippen LogP contribution is 2.45. The number of phosphoric acid groups is 2. The van der Waals surface area contributed by atoms with Gasteiger partial charge < -0.3 is 33.8 Å². The second-order valence-corrected chi connectivity index (χ2v) is 27.9. The molecule has 0 bridgehead atoms. The zero-order valence-electron chi connectivity index (χ0n) is 56.2. The largest absolute Gasteiger partial charge is 0.472 e. The van der Waals surface area contributed by atoms with E-state index >= 15 is 0 Å². The van der Waals surface area contributed by atoms with E-state index in [1.165, 1.54) is 167 Å². The van der Waals surface area contributed by atoms with Crippen molar-refractivity contribution in [3.05, 3.63) is 0 Å². The highest BCUT2D eigenvalue weighted by Gasteiger charge is 2.30. The van der Waals surface area contributed by atoms with Crippen LogP contribution in [-0.2, 0) is 65.4 Å². The van der Waals surface area contributed by atoms with Crippen LogP contribution in [-0.4, -0.2) is 96.7 Å². The molecule has 0 heterocycles. The van der Waals surface area contributed by atoms with E-state index in [1.807, 2.05) is 0 Å². The van der Waals surface area contributed by atoms with Crippen LogP contribution in [0.25, 0.3) is 0 Å². The molecule has 0 rings (SSSR count). The molecule has 0 aliphatic heterocycles. The zero-order chi connectivity index (χ0) is 64.2. The van der Waals surface area contributed by atoms with Crippen LogP contribution in [0.4, 0.5) is 0 Å². The molecule has 0 saturated carbocycles. The number of hydrogen-bond acceptors (Lipinski definition) is 15. The first-order chi connectivity index (χ1) is 42.0. The van der Waals surface area contributed by atoms with E-state index in [0.717, 1.165) is 102 Å². The second kappa shape index (κ2) is 61.6. The predicted octanol–water partition coefficient (Wildman–Crippen LogP) is 19.4. The number of carbonyl (C=O) groups excluding carboxylic acids is 4. The lowest BCUT2D eigenvalue weighted by molar-refractivity contribution is -0.161. The minimum absolute atomic E-state index is 0.106. The molecular formula is C68H132O17P2. The molecule has 0 aromatic rings. The average molecular weight is 1280 g/mol. The number of ether oxygens (including phenoxy) is 4. The number of aliphatic hydroxyl groups is 1. The fourth-order valence-electron chi connectivity index (χ4n) is 10.3. The van der Waals surface area contributed by atoms with Crippen LogP contribution in [0.1, 0.15) is 349 Å². The van der Waals surface area contributed by atoms with Crippen molar-refractivity contribution in [3.8, 4) is 0 Å². The Kier molecular flexibility index (Phi) is 60.2. The molecule has 0 spiro atoms. The van der Waals surface area contributed by atoms with E-state index in [2.05, 4.69) is 34.6 Å². The van der Waals surface area contributed by atoms with E-state index in [1.54, 1.807) is 0 Å². The van der Waals surface area contributed by atoms with Gasteiger partial charge in [0.05, 0.1) is 26.4 Å². The predicted molar refractivity (Wildman–Crippen MR) is 349 cm³/mol. The number of aliphatic hydroxyl groups excluding tert-OH is 1. The minimum Gasteiger partial charge on any atom is -0.462 e. The van der Waals surface area contributed by atoms with Gasteiger partial charge in [-0.05, 0) is 31.6 Å². The van der Waals surface area contributed by atoms with E-state index in [0.29, 0.717) is 25.7 Å². The molecular weight excluding hydrogens is 1150 g/mol. The summed E-state index contributed by atoms with van der Waals surface area (Å²) in [6, 6.07) is 0. The first kappa shape index (κ1) is 85.1. The summed E-state index contributed by atoms with van der Waals surface area (Å²) in [5, 5.41) is 10.5. The Morgan fingerprint density at radius 3 is 0.782 bits per heavy atom. The van der Waals surface area contributed by atoms with Crippen molar-refractivity contribution in [1.82, 2.24) is 0 Å². The van der Waals surface area contributed by atoms with Gasteiger partial charge in [0.15, 0.2) is 12.2 Å². The minimum atomic E-state index is -4.95. The fraction of sp³-hybridized carbons (Fsp3) is 0.941. The van der Waals surface area contributed by atoms with Gasteiger partial charge in [0.25, 0.3) is 0 Å². The second-order valence-electron chi connectivity index (χ2n) is 25.0. The summed E-state index contributed by atoms with van der Waals surface area (Å²) in [5.74, 6) is -1.34. The lowest BCUT2D eigenvalue weighted by Crippen LogP contribution is -2.30. The van der Waals surface area contributed by atoms with Crippen molar-refractivity contribution in [2.45, 2.75) is 368 Å². The van der Waals surface area contributed by atoms with Gasteiger partial charge in [-0.1, -0.05) is 298 Å². The molecule has 19 heteroatoms. The first-order valence-corrected chi connectivity index (χ1v) is 38.6. The topological polar surface area (TPSA) is 237 Å². The number of rotatable bonds is 68. The van der Waals surface area contributed by atoms with Crippen molar-refractivity contribution < 1.29 is 80.2 Å². The molecule has 516 valence electrons. The maximum absolute atomic E-state index is 13.0. The van der Waals surface area contributed by atoms with E-state index in [4.69, 9.17) is 37.0 Å². The molecule has 17 nitrogen and oxygen atoms in total. The summed E-state index contributed by atoms with van der Waals surface area (Å²) in [5.41, 5.74) is 0. The van der Waals surface area contributed by atoms with Crippen molar-refractivity contribution in [1.29, 1.82) is 0 Å². The van der Waals surface area contributed by atoms with Crippen LogP contribution < -0.4 is 0 Å². The Labute approximate surface area is 530 Å². The third kappa shape index (κ3) is 62.6. The molecule has 3 N–H and O–H groups in total. The molecule has 2 unspecified atom stereocenters. The third-order valence-electron chi connectivity index (χ3n) is 15.8. The molecule has 0 amide bonds. The summed E-state index contributed by atoms with van der Waals surface area (Å²) in [6.07, 6.45) is 47.5. The number of unbranched alkanes of at least 4 members (excludes halogenated alkanes) is 40. The average Bonchev–Trinajstić information content (AvgIpc) is 3.58. The lowest BCUT2D eigenvalue weighted by atomic mass is 10.0. The van der Waals surface area contributed by atoms with Crippen LogP contribution in [0.15, 0.2) is 0 Å². The van der Waals surface area contributed by atoms with Crippen molar-refractivity contribution in [2.24, 2.45) is 5.92 Å². The van der Waals surface area contributed by atoms with Gasteiger partial charge in [-0.2, -0.15) is 0 Å². The van der Waals surface area contributed by atoms with Crippen molar-refractivity contribution >= 4 is 39.5 Å². The Balaban J connectivity index is 5.16. The Morgan fingerprint density at radius 2 is 0.529 bits per heavy atom. The van der Waals surface area contributed by atoms with E-state index < -0.39 is 97.5 Å². The van der Waals surface area contributed by atoms with Gasteiger partial charge in [0.1, 0.15) is 19.3 Å². The van der Waals surface area contributed by atoms with Crippen molar-refractivity contribution in [3.63, 3.8) is 0 Å². The SMILES string of the molecule is CCCCCCCCCCCCCCCCC(=O)OC[C@H](COP(=O)(O)OC[C@@H](O)COP(=O)(O)OC[C@@H](COC(=O)CCCCCCC)OC(=O)CCCCCCCCCCCCC)OC(=O)CCCCCCCCCCCCCCCCC(C)C. The maximum atomic E-state index is 13.0. The third-order valence-corrected chi connectivity index (χ3v) is 17.7. The Bertz CT molecular complexity index is 1690. The molecule has 0 aromatic heterocycles. The molecule has 0 aliphatic carbocycles. The van der Waals surface area contributed by atoms with Gasteiger partial charge >= 0.3 is 39.5 Å². The van der Waals surface area contributed by atoms with Crippen LogP contribution in [0, 0.1) is 5.92 Å². The van der Waals surface area contributed by atoms with Gasteiger partial charge in [0, 0.05) is 25.7 Å². The lowest BCUT2D eigenvalue weighted by Gasteiger charge is -2.21. The first-order valence-electron chi connectivity index (χ1n) is 35.6. The summed E-state index contributed by atoms with van der Waals surface area (Å²) in [6.45, 7) is 7.17. The number of carbonyl (C=O) groups is 4. The summed E-state index contributed by atoms with van der Waals surface area (Å²) in [7, 11) is -9.88. The molecule has 0 radical (unpaired) electrons. The maximum Gasteiger partial charge on any atom is 0.472 e. The van der Waals surface area contributed by atoms with Crippen LogP contribution in [0.5, 0.6) is 0 Å². The van der Waals surface area contributed by atoms with Gasteiger partial charge in [0.2, 0.25) is 0 Å². The number of phosphoric ester groups is 2. The number of esters is 4. The standard InChI is InChI=1S/C68H132O17P2/c1-6-9-12-15-17-19-21-22-26-30-33-37-42-47-52-66(71)79-58-64(85-68(73)54-49-44-39-35-31-27-24-23-25-29-32-36-41-45-50-61(4)5)60-83-87(76,77)81-56-62(69)55-80-86(74,75)82-59-63(57-78-65(70)51-46-40-14-11-8-3)84-67(72)53-48-43-38-34-28-20-18-16-13-10-7-2/h61-64,69H,6-60H2,1-5H3,(H,74,75)(H,76,77)/t62-,63+,64+/m0/s1. The van der Waals surface area contributed by atoms with Gasteiger partial charge in [-0.25, -0.2) is 9.13 Å². The summed E-state index contributed by atoms with van der Waals surface area (Å²) in [4.78, 5) is 72.2.